The molecule has 18 heavy (non-hydrogen) atoms. The molecule has 1 aromatic rings. The molecule has 1 aromatic carbocycles. The number of anilines is 1. The van der Waals surface area contributed by atoms with Crippen molar-refractivity contribution < 1.29 is 19.5 Å². The van der Waals surface area contributed by atoms with Crippen molar-refractivity contribution in [1.82, 2.24) is 0 Å². The lowest BCUT2D eigenvalue weighted by Gasteiger charge is -2.13. The van der Waals surface area contributed by atoms with Crippen LogP contribution in [0, 0.1) is 6.92 Å². The van der Waals surface area contributed by atoms with Gasteiger partial charge in [-0.05, 0) is 36.4 Å². The highest BCUT2D eigenvalue weighted by molar-refractivity contribution is 8.15. The molecule has 1 aliphatic rings. The van der Waals surface area contributed by atoms with Gasteiger partial charge in [0.15, 0.2) is 0 Å². The van der Waals surface area contributed by atoms with Crippen molar-refractivity contribution in [3.8, 4) is 0 Å². The average Bonchev–Trinajstić information content (AvgIpc) is 2.53. The second-order valence-electron chi connectivity index (χ2n) is 3.98. The number of carbonyl (C=O) groups excluding carboxylic acids is 2. The first-order valence-corrected chi connectivity index (χ1v) is 6.20. The molecule has 1 heterocycles. The lowest BCUT2D eigenvalue weighted by Crippen LogP contribution is -2.32. The summed E-state index contributed by atoms with van der Waals surface area (Å²) in [5.74, 6) is -1.54. The van der Waals surface area contributed by atoms with E-state index in [4.69, 9.17) is 5.11 Å². The van der Waals surface area contributed by atoms with Gasteiger partial charge in [-0.25, -0.2) is 4.90 Å². The number of nitrogens with zero attached hydrogens (tertiary/aromatic N) is 1. The van der Waals surface area contributed by atoms with Crippen LogP contribution in [0.15, 0.2) is 24.3 Å². The minimum Gasteiger partial charge on any atom is -0.481 e. The van der Waals surface area contributed by atoms with Crippen LogP contribution in [0.25, 0.3) is 0 Å². The summed E-state index contributed by atoms with van der Waals surface area (Å²) in [7, 11) is 0. The summed E-state index contributed by atoms with van der Waals surface area (Å²) in [5.41, 5.74) is 1.42. The molecule has 5 nitrogen and oxygen atoms in total. The number of benzene rings is 1. The SMILES string of the molecule is Cc1cccc(N2C(=O)SC(CC(=O)O)C2=O)c1. The topological polar surface area (TPSA) is 74.7 Å². The Morgan fingerprint density at radius 1 is 1.44 bits per heavy atom. The Labute approximate surface area is 108 Å². The van der Waals surface area contributed by atoms with Gasteiger partial charge in [0.25, 0.3) is 5.24 Å². The first-order valence-electron chi connectivity index (χ1n) is 5.32. The zero-order chi connectivity index (χ0) is 13.3. The number of rotatable bonds is 3. The maximum absolute atomic E-state index is 12.0. The van der Waals surface area contributed by atoms with E-state index in [9.17, 15) is 14.4 Å². The van der Waals surface area contributed by atoms with Gasteiger partial charge in [0.05, 0.1) is 12.1 Å². The van der Waals surface area contributed by atoms with Crippen LogP contribution in [0.5, 0.6) is 0 Å². The average molecular weight is 265 g/mol. The second-order valence-corrected chi connectivity index (χ2v) is 5.14. The zero-order valence-corrected chi connectivity index (χ0v) is 10.4. The van der Waals surface area contributed by atoms with E-state index >= 15 is 0 Å². The van der Waals surface area contributed by atoms with Gasteiger partial charge in [0.2, 0.25) is 5.91 Å². The quantitative estimate of drug-likeness (QED) is 0.905. The Hall–Kier alpha value is -1.82. The summed E-state index contributed by atoms with van der Waals surface area (Å²) >= 11 is 0.767. The summed E-state index contributed by atoms with van der Waals surface area (Å²) < 4.78 is 0. The number of aryl methyl sites for hydroxylation is 1. The molecular formula is C12H11NO4S. The van der Waals surface area contributed by atoms with Crippen LogP contribution in [0.2, 0.25) is 0 Å². The Morgan fingerprint density at radius 3 is 2.78 bits per heavy atom. The lowest BCUT2D eigenvalue weighted by molar-refractivity contribution is -0.138. The van der Waals surface area contributed by atoms with Gasteiger partial charge in [-0.2, -0.15) is 0 Å². The van der Waals surface area contributed by atoms with E-state index < -0.39 is 22.4 Å². The van der Waals surface area contributed by atoms with E-state index in [1.165, 1.54) is 0 Å². The second kappa shape index (κ2) is 4.81. The molecule has 1 fully saturated rings. The zero-order valence-electron chi connectivity index (χ0n) is 9.62. The maximum Gasteiger partial charge on any atom is 0.305 e. The minimum atomic E-state index is -1.08. The summed E-state index contributed by atoms with van der Waals surface area (Å²) in [6.07, 6.45) is -0.336. The first kappa shape index (κ1) is 12.6. The number of hydrogen-bond donors (Lipinski definition) is 1. The van der Waals surface area contributed by atoms with Crippen molar-refractivity contribution in [2.75, 3.05) is 4.90 Å². The molecule has 1 N–H and O–H groups in total. The summed E-state index contributed by atoms with van der Waals surface area (Å²) in [6.45, 7) is 1.86. The summed E-state index contributed by atoms with van der Waals surface area (Å²) in [6, 6.07) is 6.99. The van der Waals surface area contributed by atoms with Crippen LogP contribution in [-0.2, 0) is 9.59 Å². The van der Waals surface area contributed by atoms with Gasteiger partial charge >= 0.3 is 5.97 Å². The van der Waals surface area contributed by atoms with E-state index in [-0.39, 0.29) is 6.42 Å². The normalized spacial score (nSPS) is 19.4. The van der Waals surface area contributed by atoms with E-state index in [1.54, 1.807) is 18.2 Å². The molecule has 0 aromatic heterocycles. The van der Waals surface area contributed by atoms with Crippen LogP contribution in [0.3, 0.4) is 0 Å². The van der Waals surface area contributed by atoms with Crippen LogP contribution < -0.4 is 4.90 Å². The largest absolute Gasteiger partial charge is 0.481 e. The summed E-state index contributed by atoms with van der Waals surface area (Å²) in [4.78, 5) is 35.4. The lowest BCUT2D eigenvalue weighted by atomic mass is 10.2. The minimum absolute atomic E-state index is 0.336. The third-order valence-corrected chi connectivity index (χ3v) is 3.58. The third-order valence-electron chi connectivity index (χ3n) is 2.54. The van der Waals surface area contributed by atoms with Crippen molar-refractivity contribution in [2.24, 2.45) is 0 Å². The predicted octanol–water partition coefficient (Wildman–Crippen LogP) is 2.04. The summed E-state index contributed by atoms with van der Waals surface area (Å²) in [5, 5.41) is 7.44. The van der Waals surface area contributed by atoms with Crippen molar-refractivity contribution in [3.63, 3.8) is 0 Å². The third kappa shape index (κ3) is 2.38. The smallest absolute Gasteiger partial charge is 0.305 e. The van der Waals surface area contributed by atoms with Crippen LogP contribution in [0.1, 0.15) is 12.0 Å². The number of carbonyl (C=O) groups is 3. The molecule has 0 saturated carbocycles. The van der Waals surface area contributed by atoms with Gasteiger partial charge in [-0.1, -0.05) is 12.1 Å². The Bertz CT molecular complexity index is 529. The number of aliphatic carboxylic acids is 1. The Kier molecular flexibility index (Phi) is 3.38. The molecule has 2 amide bonds. The van der Waals surface area contributed by atoms with Gasteiger partial charge < -0.3 is 5.11 Å². The molecule has 1 unspecified atom stereocenters. The molecule has 0 radical (unpaired) electrons. The number of hydrogen-bond acceptors (Lipinski definition) is 4. The van der Waals surface area contributed by atoms with E-state index in [2.05, 4.69) is 0 Å². The van der Waals surface area contributed by atoms with Crippen molar-refractivity contribution in [1.29, 1.82) is 0 Å². The highest BCUT2D eigenvalue weighted by atomic mass is 32.2. The van der Waals surface area contributed by atoms with Crippen molar-refractivity contribution in [2.45, 2.75) is 18.6 Å². The molecule has 2 rings (SSSR count). The molecule has 0 spiro atoms. The van der Waals surface area contributed by atoms with Gasteiger partial charge in [-0.15, -0.1) is 0 Å². The highest BCUT2D eigenvalue weighted by Crippen LogP contribution is 2.33. The van der Waals surface area contributed by atoms with Crippen LogP contribution in [0.4, 0.5) is 10.5 Å². The Morgan fingerprint density at radius 2 is 2.17 bits per heavy atom. The molecule has 6 heteroatoms. The highest BCUT2D eigenvalue weighted by Gasteiger charge is 2.41. The molecule has 1 atom stereocenters. The fourth-order valence-corrected chi connectivity index (χ4v) is 2.72. The standard InChI is InChI=1S/C12H11NO4S/c1-7-3-2-4-8(5-7)13-11(16)9(6-10(14)15)18-12(13)17/h2-5,9H,6H2,1H3,(H,14,15). The van der Waals surface area contributed by atoms with Gasteiger partial charge in [0, 0.05) is 0 Å². The number of thioether (sulfide) groups is 1. The molecule has 0 bridgehead atoms. The van der Waals surface area contributed by atoms with Gasteiger partial charge in [-0.3, -0.25) is 14.4 Å². The van der Waals surface area contributed by atoms with E-state index in [0.29, 0.717) is 5.69 Å². The molecular weight excluding hydrogens is 254 g/mol. The predicted molar refractivity (Wildman–Crippen MR) is 67.7 cm³/mol. The van der Waals surface area contributed by atoms with Gasteiger partial charge in [0.1, 0.15) is 5.25 Å². The molecule has 94 valence electrons. The maximum atomic E-state index is 12.0. The molecule has 1 saturated heterocycles. The van der Waals surface area contributed by atoms with E-state index in [1.807, 2.05) is 13.0 Å². The monoisotopic (exact) mass is 265 g/mol. The first-order chi connectivity index (χ1) is 8.49. The fourth-order valence-electron chi connectivity index (χ4n) is 1.75. The Balaban J connectivity index is 2.27. The molecule has 0 aliphatic carbocycles. The number of carboxylic acids is 1. The number of amides is 2. The number of carboxylic acid groups (broad SMARTS) is 1. The van der Waals surface area contributed by atoms with Crippen molar-refractivity contribution >= 4 is 34.6 Å². The van der Waals surface area contributed by atoms with Crippen LogP contribution >= 0.6 is 11.8 Å². The van der Waals surface area contributed by atoms with Crippen molar-refractivity contribution in [3.05, 3.63) is 29.8 Å². The molecule has 1 aliphatic heterocycles. The fraction of sp³-hybridized carbons (Fsp3) is 0.250. The van der Waals surface area contributed by atoms with Crippen LogP contribution in [-0.4, -0.2) is 27.5 Å². The van der Waals surface area contributed by atoms with E-state index in [0.717, 1.165) is 22.2 Å². The number of imide groups is 1.